The molecule has 4 heterocycles. The zero-order valence-corrected chi connectivity index (χ0v) is 19.7. The molecule has 1 aromatic heterocycles. The van der Waals surface area contributed by atoms with Crippen molar-refractivity contribution in [2.75, 3.05) is 18.3 Å². The van der Waals surface area contributed by atoms with Gasteiger partial charge in [-0.1, -0.05) is 36.4 Å². The SMILES string of the molecule is O=C1c2c(O)c(=O)ccn2N2CN1C1(/C=C\COc3cccc4c3[C@H]2c2ccccc2SC4)CC1. The van der Waals surface area contributed by atoms with Crippen molar-refractivity contribution in [2.24, 2.45) is 0 Å². The Kier molecular flexibility index (Phi) is 4.39. The summed E-state index contributed by atoms with van der Waals surface area (Å²) in [5.41, 5.74) is 2.31. The first-order valence-corrected chi connectivity index (χ1v) is 12.7. The van der Waals surface area contributed by atoms with Crippen LogP contribution in [0.3, 0.4) is 0 Å². The summed E-state index contributed by atoms with van der Waals surface area (Å²) in [4.78, 5) is 29.2. The zero-order chi connectivity index (χ0) is 23.7. The van der Waals surface area contributed by atoms with E-state index in [1.54, 1.807) is 22.6 Å². The third-order valence-electron chi connectivity index (χ3n) is 7.45. The number of nitrogens with zero attached hydrogens (tertiary/aromatic N) is 3. The summed E-state index contributed by atoms with van der Waals surface area (Å²) >= 11 is 1.78. The number of amides is 1. The quantitative estimate of drug-likeness (QED) is 0.489. The number of carbonyl (C=O) groups excluding carboxylic acids is 1. The van der Waals surface area contributed by atoms with Gasteiger partial charge in [0.2, 0.25) is 5.43 Å². The van der Waals surface area contributed by atoms with Gasteiger partial charge in [0.05, 0.1) is 5.54 Å². The second kappa shape index (κ2) is 7.42. The Balaban J connectivity index is 1.56. The summed E-state index contributed by atoms with van der Waals surface area (Å²) in [6.07, 6.45) is 7.30. The van der Waals surface area contributed by atoms with Crippen molar-refractivity contribution in [3.8, 4) is 11.5 Å². The van der Waals surface area contributed by atoms with Crippen LogP contribution in [0.4, 0.5) is 0 Å². The van der Waals surface area contributed by atoms with Gasteiger partial charge in [0.15, 0.2) is 11.4 Å². The van der Waals surface area contributed by atoms with E-state index in [1.807, 2.05) is 35.2 Å². The standard InChI is InChI=1S/C27H23N3O4S/c31-19-9-13-29-24(25(19)32)26(33)28-16-30(29)23-18-6-1-2-8-21(18)35-15-17-5-3-7-20(22(17)23)34-14-4-10-27(28)11-12-27/h1-10,13,23,32H,11-12,14-16H2/b10-4-/t23-/m1/s1. The molecule has 1 N–H and O–H groups in total. The summed E-state index contributed by atoms with van der Waals surface area (Å²) in [6, 6.07) is 15.5. The molecule has 7 rings (SSSR count). The van der Waals surface area contributed by atoms with Crippen LogP contribution in [0.15, 0.2) is 76.6 Å². The second-order valence-corrected chi connectivity index (χ2v) is 10.4. The van der Waals surface area contributed by atoms with Gasteiger partial charge >= 0.3 is 0 Å². The fraction of sp³-hybridized carbons (Fsp3) is 0.259. The lowest BCUT2D eigenvalue weighted by Gasteiger charge is -2.46. The molecule has 0 radical (unpaired) electrons. The lowest BCUT2D eigenvalue weighted by atomic mass is 9.93. The molecule has 0 saturated heterocycles. The summed E-state index contributed by atoms with van der Waals surface area (Å²) in [5.74, 6) is 0.751. The van der Waals surface area contributed by atoms with E-state index in [1.165, 1.54) is 6.07 Å². The fourth-order valence-corrected chi connectivity index (χ4v) is 6.64. The van der Waals surface area contributed by atoms with Gasteiger partial charge in [-0.05, 0) is 42.2 Å². The second-order valence-electron chi connectivity index (χ2n) is 9.41. The predicted molar refractivity (Wildman–Crippen MR) is 133 cm³/mol. The van der Waals surface area contributed by atoms with E-state index in [2.05, 4.69) is 29.3 Å². The molecule has 8 heteroatoms. The highest BCUT2D eigenvalue weighted by Crippen LogP contribution is 2.49. The summed E-state index contributed by atoms with van der Waals surface area (Å²) < 4.78 is 8.00. The van der Waals surface area contributed by atoms with E-state index in [4.69, 9.17) is 4.74 Å². The predicted octanol–water partition coefficient (Wildman–Crippen LogP) is 3.78. The van der Waals surface area contributed by atoms with Crippen molar-refractivity contribution in [2.45, 2.75) is 35.1 Å². The number of ether oxygens (including phenoxy) is 1. The van der Waals surface area contributed by atoms with Gasteiger partial charge < -0.3 is 14.7 Å². The number of carbonyl (C=O) groups is 1. The van der Waals surface area contributed by atoms with Gasteiger partial charge in [0.1, 0.15) is 25.1 Å². The van der Waals surface area contributed by atoms with Crippen molar-refractivity contribution in [1.29, 1.82) is 0 Å². The Morgan fingerprint density at radius 2 is 1.91 bits per heavy atom. The molecule has 35 heavy (non-hydrogen) atoms. The maximum absolute atomic E-state index is 13.8. The van der Waals surface area contributed by atoms with Crippen molar-refractivity contribution in [3.05, 3.63) is 99.5 Å². The highest BCUT2D eigenvalue weighted by Gasteiger charge is 2.52. The minimum Gasteiger partial charge on any atom is -0.502 e. The Bertz CT molecular complexity index is 1480. The van der Waals surface area contributed by atoms with Crippen molar-refractivity contribution in [1.82, 2.24) is 9.58 Å². The molecule has 2 bridgehead atoms. The first kappa shape index (κ1) is 20.7. The van der Waals surface area contributed by atoms with Gasteiger partial charge in [-0.15, -0.1) is 11.8 Å². The van der Waals surface area contributed by atoms with Crippen LogP contribution in [0.1, 0.15) is 46.1 Å². The molecule has 3 aromatic rings. The highest BCUT2D eigenvalue weighted by atomic mass is 32.2. The first-order chi connectivity index (χ1) is 17.1. The summed E-state index contributed by atoms with van der Waals surface area (Å²) in [5, 5.41) is 12.9. The van der Waals surface area contributed by atoms with Crippen LogP contribution in [0.2, 0.25) is 0 Å². The van der Waals surface area contributed by atoms with Crippen LogP contribution in [0, 0.1) is 0 Å². The molecule has 1 atom stereocenters. The molecular formula is C27H23N3O4S. The maximum Gasteiger partial charge on any atom is 0.278 e. The van der Waals surface area contributed by atoms with Crippen LogP contribution in [0.5, 0.6) is 11.5 Å². The lowest BCUT2D eigenvalue weighted by Crippen LogP contribution is -2.58. The van der Waals surface area contributed by atoms with Crippen molar-refractivity contribution < 1.29 is 14.6 Å². The fourth-order valence-electron chi connectivity index (χ4n) is 5.55. The summed E-state index contributed by atoms with van der Waals surface area (Å²) in [7, 11) is 0. The number of rotatable bonds is 0. The van der Waals surface area contributed by atoms with Crippen LogP contribution in [0.25, 0.3) is 0 Å². The Hall–Kier alpha value is -3.65. The van der Waals surface area contributed by atoms with Crippen molar-refractivity contribution in [3.63, 3.8) is 0 Å². The smallest absolute Gasteiger partial charge is 0.278 e. The first-order valence-electron chi connectivity index (χ1n) is 11.7. The number of aromatic nitrogens is 1. The molecule has 1 saturated carbocycles. The van der Waals surface area contributed by atoms with E-state index < -0.39 is 16.7 Å². The summed E-state index contributed by atoms with van der Waals surface area (Å²) in [6.45, 7) is 0.716. The van der Waals surface area contributed by atoms with Gasteiger partial charge in [-0.25, -0.2) is 0 Å². The van der Waals surface area contributed by atoms with E-state index in [0.717, 1.165) is 45.9 Å². The zero-order valence-electron chi connectivity index (χ0n) is 18.9. The van der Waals surface area contributed by atoms with E-state index in [9.17, 15) is 14.7 Å². The third kappa shape index (κ3) is 2.99. The minimum absolute atomic E-state index is 0.0111. The number of fused-ring (bicyclic) bond motifs is 8. The average Bonchev–Trinajstić information content (AvgIpc) is 3.67. The molecule has 1 aliphatic carbocycles. The largest absolute Gasteiger partial charge is 0.502 e. The van der Waals surface area contributed by atoms with Gasteiger partial charge in [0, 0.05) is 28.5 Å². The highest BCUT2D eigenvalue weighted by molar-refractivity contribution is 7.98. The molecule has 4 aliphatic rings. The molecule has 1 amide bonds. The van der Waals surface area contributed by atoms with E-state index in [-0.39, 0.29) is 17.6 Å². The normalized spacial score (nSPS) is 22.2. The molecule has 1 spiro atoms. The van der Waals surface area contributed by atoms with Gasteiger partial charge in [0.25, 0.3) is 5.91 Å². The number of hydrogen-bond donors (Lipinski definition) is 1. The third-order valence-corrected chi connectivity index (χ3v) is 8.59. The van der Waals surface area contributed by atoms with Crippen LogP contribution in [-0.2, 0) is 5.75 Å². The van der Waals surface area contributed by atoms with Gasteiger partial charge in [-0.3, -0.25) is 19.3 Å². The van der Waals surface area contributed by atoms with Crippen LogP contribution in [-0.4, -0.2) is 39.4 Å². The maximum atomic E-state index is 13.8. The molecule has 2 aromatic carbocycles. The number of benzene rings is 2. The Morgan fingerprint density at radius 1 is 1.06 bits per heavy atom. The number of pyridine rings is 1. The van der Waals surface area contributed by atoms with Crippen LogP contribution < -0.4 is 15.2 Å². The van der Waals surface area contributed by atoms with E-state index in [0.29, 0.717) is 13.3 Å². The Labute approximate surface area is 206 Å². The molecule has 1 fully saturated rings. The molecule has 3 aliphatic heterocycles. The number of aromatic hydroxyl groups is 1. The lowest BCUT2D eigenvalue weighted by molar-refractivity contribution is 0.0605. The van der Waals surface area contributed by atoms with Crippen LogP contribution >= 0.6 is 11.8 Å². The number of hydrogen-bond acceptors (Lipinski definition) is 6. The van der Waals surface area contributed by atoms with Gasteiger partial charge in [-0.2, -0.15) is 0 Å². The number of thioether (sulfide) groups is 1. The topological polar surface area (TPSA) is 75.0 Å². The average molecular weight is 486 g/mol. The van der Waals surface area contributed by atoms with Crippen molar-refractivity contribution >= 4 is 17.7 Å². The van der Waals surface area contributed by atoms with E-state index >= 15 is 0 Å². The molecule has 176 valence electrons. The molecule has 0 unspecified atom stereocenters. The Morgan fingerprint density at radius 3 is 2.77 bits per heavy atom. The minimum atomic E-state index is -0.558. The molecular weight excluding hydrogens is 462 g/mol. The monoisotopic (exact) mass is 485 g/mol. The molecule has 7 nitrogen and oxygen atoms in total.